The molecule has 3 rings (SSSR count). The van der Waals surface area contributed by atoms with Crippen LogP contribution in [0.2, 0.25) is 0 Å². The van der Waals surface area contributed by atoms with Gasteiger partial charge in [-0.05, 0) is 29.6 Å². The molecule has 0 atom stereocenters. The molecule has 1 aromatic carbocycles. The highest BCUT2D eigenvalue weighted by Gasteiger charge is 2.12. The van der Waals surface area contributed by atoms with E-state index in [1.54, 1.807) is 11.4 Å². The number of rotatable bonds is 3. The molecule has 4 nitrogen and oxygen atoms in total. The van der Waals surface area contributed by atoms with E-state index in [1.807, 2.05) is 0 Å². The number of fused-ring (bicyclic) bond motifs is 1. The van der Waals surface area contributed by atoms with Gasteiger partial charge in [-0.3, -0.25) is 14.2 Å². The predicted octanol–water partition coefficient (Wildman–Crippen LogP) is 2.62. The zero-order valence-corrected chi connectivity index (χ0v) is 11.4. The van der Waals surface area contributed by atoms with Gasteiger partial charge in [-0.1, -0.05) is 0 Å². The lowest BCUT2D eigenvalue weighted by Gasteiger charge is -2.05. The van der Waals surface area contributed by atoms with Gasteiger partial charge in [-0.2, -0.15) is 0 Å². The molecule has 0 spiro atoms. The van der Waals surface area contributed by atoms with E-state index in [0.29, 0.717) is 10.2 Å². The van der Waals surface area contributed by atoms with Crippen molar-refractivity contribution in [2.75, 3.05) is 0 Å². The molecule has 2 heterocycles. The Bertz CT molecular complexity index is 901. The number of Topliss-reactive ketones (excluding diaryl/α,β-unsaturated/α-hetero) is 1. The Morgan fingerprint density at radius 2 is 2.05 bits per heavy atom. The Morgan fingerprint density at radius 1 is 1.24 bits per heavy atom. The summed E-state index contributed by atoms with van der Waals surface area (Å²) in [5.74, 6) is -2.61. The second kappa shape index (κ2) is 5.17. The molecule has 7 heteroatoms. The van der Waals surface area contributed by atoms with Gasteiger partial charge in [0.1, 0.15) is 4.83 Å². The Labute approximate surface area is 121 Å². The highest BCUT2D eigenvalue weighted by molar-refractivity contribution is 7.16. The number of ketones is 1. The summed E-state index contributed by atoms with van der Waals surface area (Å²) >= 11 is 1.33. The maximum atomic E-state index is 13.1. The summed E-state index contributed by atoms with van der Waals surface area (Å²) in [6, 6.07) is 4.51. The minimum absolute atomic E-state index is 0.00576. The number of carbonyl (C=O) groups is 1. The summed E-state index contributed by atoms with van der Waals surface area (Å²) < 4.78 is 27.1. The van der Waals surface area contributed by atoms with Crippen molar-refractivity contribution in [1.29, 1.82) is 0 Å². The topological polar surface area (TPSA) is 52.0 Å². The third-order valence-corrected chi connectivity index (χ3v) is 3.83. The maximum Gasteiger partial charge on any atom is 0.262 e. The van der Waals surface area contributed by atoms with E-state index in [9.17, 15) is 18.4 Å². The smallest absolute Gasteiger partial charge is 0.262 e. The average molecular weight is 306 g/mol. The Balaban J connectivity index is 1.94. The summed E-state index contributed by atoms with van der Waals surface area (Å²) in [4.78, 5) is 28.8. The van der Waals surface area contributed by atoms with Crippen LogP contribution in [0.25, 0.3) is 10.2 Å². The third kappa shape index (κ3) is 2.47. The van der Waals surface area contributed by atoms with Crippen molar-refractivity contribution < 1.29 is 13.6 Å². The van der Waals surface area contributed by atoms with Crippen LogP contribution in [0.3, 0.4) is 0 Å². The Kier molecular flexibility index (Phi) is 3.34. The van der Waals surface area contributed by atoms with Crippen LogP contribution in [0, 0.1) is 11.6 Å². The molecule has 0 aliphatic carbocycles. The Morgan fingerprint density at radius 3 is 2.81 bits per heavy atom. The summed E-state index contributed by atoms with van der Waals surface area (Å²) in [5.41, 5.74) is -0.330. The number of hydrogen-bond acceptors (Lipinski definition) is 4. The molecule has 3 aromatic rings. The van der Waals surface area contributed by atoms with Crippen LogP contribution in [0.15, 0.2) is 40.8 Å². The lowest BCUT2D eigenvalue weighted by molar-refractivity contribution is 0.0970. The molecule has 106 valence electrons. The van der Waals surface area contributed by atoms with Crippen LogP contribution in [-0.2, 0) is 6.54 Å². The average Bonchev–Trinajstić information content (AvgIpc) is 2.94. The summed E-state index contributed by atoms with van der Waals surface area (Å²) in [5, 5.41) is 2.17. The van der Waals surface area contributed by atoms with Crippen LogP contribution < -0.4 is 5.56 Å². The number of benzene rings is 1. The molecular weight excluding hydrogens is 298 g/mol. The van der Waals surface area contributed by atoms with Crippen LogP contribution in [0.4, 0.5) is 8.78 Å². The fraction of sp³-hybridized carbons (Fsp3) is 0.0714. The lowest BCUT2D eigenvalue weighted by atomic mass is 10.1. The first kappa shape index (κ1) is 13.6. The fourth-order valence-electron chi connectivity index (χ4n) is 1.92. The molecule has 21 heavy (non-hydrogen) atoms. The molecule has 0 N–H and O–H groups in total. The molecule has 0 radical (unpaired) electrons. The predicted molar refractivity (Wildman–Crippen MR) is 74.6 cm³/mol. The third-order valence-electron chi connectivity index (χ3n) is 3.01. The molecule has 0 aliphatic heterocycles. The minimum atomic E-state index is -1.10. The fourth-order valence-corrected chi connectivity index (χ4v) is 2.64. The first-order chi connectivity index (χ1) is 10.1. The summed E-state index contributed by atoms with van der Waals surface area (Å²) in [6.07, 6.45) is 1.28. The highest BCUT2D eigenvalue weighted by Crippen LogP contribution is 2.14. The molecule has 0 amide bonds. The van der Waals surface area contributed by atoms with Gasteiger partial charge >= 0.3 is 0 Å². The van der Waals surface area contributed by atoms with E-state index in [0.717, 1.165) is 16.7 Å². The van der Waals surface area contributed by atoms with Gasteiger partial charge in [0.05, 0.1) is 18.3 Å². The zero-order chi connectivity index (χ0) is 15.0. The second-order valence-electron chi connectivity index (χ2n) is 4.37. The van der Waals surface area contributed by atoms with Gasteiger partial charge in [0.25, 0.3) is 5.56 Å². The van der Waals surface area contributed by atoms with Gasteiger partial charge in [-0.25, -0.2) is 13.8 Å². The van der Waals surface area contributed by atoms with Crippen molar-refractivity contribution in [3.63, 3.8) is 0 Å². The summed E-state index contributed by atoms with van der Waals surface area (Å²) in [7, 11) is 0. The van der Waals surface area contributed by atoms with Gasteiger partial charge in [-0.15, -0.1) is 11.3 Å². The van der Waals surface area contributed by atoms with Crippen molar-refractivity contribution in [1.82, 2.24) is 9.55 Å². The molecule has 0 fully saturated rings. The van der Waals surface area contributed by atoms with Crippen LogP contribution in [0.1, 0.15) is 10.4 Å². The molecule has 0 unspecified atom stereocenters. The number of hydrogen-bond donors (Lipinski definition) is 0. The van der Waals surface area contributed by atoms with Gasteiger partial charge in [0.2, 0.25) is 0 Å². The quantitative estimate of drug-likeness (QED) is 0.699. The number of carbonyl (C=O) groups excluding carboxylic acids is 1. The summed E-state index contributed by atoms with van der Waals surface area (Å²) in [6.45, 7) is -0.275. The molecule has 0 bridgehead atoms. The SMILES string of the molecule is O=C(Cn1cnc2sccc2c1=O)c1ccc(F)c(F)c1. The maximum absolute atomic E-state index is 13.1. The van der Waals surface area contributed by atoms with E-state index in [2.05, 4.69) is 4.98 Å². The van der Waals surface area contributed by atoms with Crippen LogP contribution in [-0.4, -0.2) is 15.3 Å². The van der Waals surface area contributed by atoms with E-state index in [1.165, 1.54) is 23.7 Å². The van der Waals surface area contributed by atoms with E-state index in [-0.39, 0.29) is 17.7 Å². The van der Waals surface area contributed by atoms with Gasteiger partial charge in [0, 0.05) is 5.56 Å². The van der Waals surface area contributed by atoms with Crippen molar-refractivity contribution >= 4 is 27.3 Å². The minimum Gasteiger partial charge on any atom is -0.292 e. The first-order valence-electron chi connectivity index (χ1n) is 5.97. The zero-order valence-electron chi connectivity index (χ0n) is 10.5. The van der Waals surface area contributed by atoms with Crippen molar-refractivity contribution in [2.45, 2.75) is 6.54 Å². The van der Waals surface area contributed by atoms with Crippen molar-refractivity contribution in [3.8, 4) is 0 Å². The monoisotopic (exact) mass is 306 g/mol. The second-order valence-corrected chi connectivity index (χ2v) is 5.26. The van der Waals surface area contributed by atoms with E-state index < -0.39 is 17.4 Å². The molecular formula is C14H8F2N2O2S. The molecule has 2 aromatic heterocycles. The van der Waals surface area contributed by atoms with Crippen LogP contribution in [0.5, 0.6) is 0 Å². The van der Waals surface area contributed by atoms with Crippen molar-refractivity contribution in [3.05, 3.63) is 63.5 Å². The molecule has 0 saturated heterocycles. The number of halogens is 2. The first-order valence-corrected chi connectivity index (χ1v) is 6.85. The Hall–Kier alpha value is -2.41. The molecule has 0 aliphatic rings. The lowest BCUT2D eigenvalue weighted by Crippen LogP contribution is -2.24. The van der Waals surface area contributed by atoms with E-state index in [4.69, 9.17) is 0 Å². The highest BCUT2D eigenvalue weighted by atomic mass is 32.1. The largest absolute Gasteiger partial charge is 0.292 e. The van der Waals surface area contributed by atoms with Gasteiger partial charge in [0.15, 0.2) is 17.4 Å². The number of thiophene rings is 1. The number of aromatic nitrogens is 2. The van der Waals surface area contributed by atoms with E-state index >= 15 is 0 Å². The van der Waals surface area contributed by atoms with Crippen molar-refractivity contribution in [2.24, 2.45) is 0 Å². The normalized spacial score (nSPS) is 11.0. The van der Waals surface area contributed by atoms with Gasteiger partial charge < -0.3 is 0 Å². The standard InChI is InChI=1S/C14H8F2N2O2S/c15-10-2-1-8(5-11(10)16)12(19)6-18-7-17-13-9(14(18)20)3-4-21-13/h1-5,7H,6H2. The molecule has 0 saturated carbocycles. The van der Waals surface area contributed by atoms with Crippen LogP contribution >= 0.6 is 11.3 Å². The number of nitrogens with zero attached hydrogens (tertiary/aromatic N) is 2.